The van der Waals surface area contributed by atoms with Crippen LogP contribution >= 0.6 is 11.3 Å². The summed E-state index contributed by atoms with van der Waals surface area (Å²) in [7, 11) is 1.47. The highest BCUT2D eigenvalue weighted by atomic mass is 32.1. The zero-order chi connectivity index (χ0) is 22.8. The van der Waals surface area contributed by atoms with Crippen LogP contribution in [0, 0.1) is 0 Å². The molecule has 2 aromatic carbocycles. The fourth-order valence-electron chi connectivity index (χ4n) is 2.59. The second kappa shape index (κ2) is 11.5. The summed E-state index contributed by atoms with van der Waals surface area (Å²) >= 11 is 1.29. The van der Waals surface area contributed by atoms with Crippen LogP contribution in [-0.2, 0) is 4.79 Å². The first-order valence-corrected chi connectivity index (χ1v) is 10.6. The highest BCUT2D eigenvalue weighted by Gasteiger charge is 2.13. The lowest BCUT2D eigenvalue weighted by atomic mass is 10.2. The van der Waals surface area contributed by atoms with Crippen LogP contribution in [0.1, 0.15) is 22.2 Å². The number of thiophene rings is 1. The Hall–Kier alpha value is -3.85. The van der Waals surface area contributed by atoms with Crippen LogP contribution in [0.25, 0.3) is 0 Å². The number of ether oxygens (including phenoxy) is 4. The Morgan fingerprint density at radius 1 is 1.00 bits per heavy atom. The Bertz CT molecular complexity index is 1080. The Morgan fingerprint density at radius 3 is 2.47 bits per heavy atom. The monoisotopic (exact) mass is 454 g/mol. The summed E-state index contributed by atoms with van der Waals surface area (Å²) in [5.41, 5.74) is 3.04. The minimum atomic E-state index is -0.460. The molecule has 166 valence electrons. The van der Waals surface area contributed by atoms with E-state index in [9.17, 15) is 9.59 Å². The lowest BCUT2D eigenvalue weighted by Gasteiger charge is -2.10. The van der Waals surface area contributed by atoms with Crippen molar-refractivity contribution in [2.75, 3.05) is 20.3 Å². The number of nitrogens with zero attached hydrogens (tertiary/aromatic N) is 1. The first kappa shape index (κ1) is 22.8. The van der Waals surface area contributed by atoms with Gasteiger partial charge in [-0.2, -0.15) is 5.10 Å². The molecule has 0 aliphatic heterocycles. The zero-order valence-corrected chi connectivity index (χ0v) is 18.4. The lowest BCUT2D eigenvalue weighted by Crippen LogP contribution is -2.24. The number of carbonyl (C=O) groups is 2. The quantitative estimate of drug-likeness (QED) is 0.216. The number of hydrazone groups is 1. The van der Waals surface area contributed by atoms with E-state index in [4.69, 9.17) is 18.9 Å². The first-order chi connectivity index (χ1) is 15.6. The van der Waals surface area contributed by atoms with Crippen molar-refractivity contribution >= 4 is 29.4 Å². The third-order valence-corrected chi connectivity index (χ3v) is 4.87. The van der Waals surface area contributed by atoms with E-state index in [1.165, 1.54) is 24.7 Å². The van der Waals surface area contributed by atoms with Gasteiger partial charge < -0.3 is 18.9 Å². The molecule has 1 amide bonds. The van der Waals surface area contributed by atoms with Crippen LogP contribution < -0.4 is 24.4 Å². The van der Waals surface area contributed by atoms with Crippen molar-refractivity contribution in [3.05, 3.63) is 70.4 Å². The van der Waals surface area contributed by atoms with Gasteiger partial charge in [0, 0.05) is 0 Å². The lowest BCUT2D eigenvalue weighted by molar-refractivity contribution is -0.123. The van der Waals surface area contributed by atoms with Crippen LogP contribution in [-0.4, -0.2) is 38.4 Å². The van der Waals surface area contributed by atoms with Gasteiger partial charge in [-0.3, -0.25) is 4.79 Å². The van der Waals surface area contributed by atoms with E-state index in [1.807, 2.05) is 13.0 Å². The van der Waals surface area contributed by atoms with Gasteiger partial charge in [0.05, 0.1) is 19.9 Å². The van der Waals surface area contributed by atoms with Crippen LogP contribution in [0.3, 0.4) is 0 Å². The number of hydrogen-bond acceptors (Lipinski definition) is 8. The number of hydrogen-bond donors (Lipinski definition) is 1. The molecular formula is C23H22N2O6S. The molecule has 0 unspecified atom stereocenters. The van der Waals surface area contributed by atoms with Crippen LogP contribution in [0.5, 0.6) is 23.0 Å². The third kappa shape index (κ3) is 6.32. The largest absolute Gasteiger partial charge is 0.493 e. The predicted octanol–water partition coefficient (Wildman–Crippen LogP) is 3.90. The first-order valence-electron chi connectivity index (χ1n) is 9.71. The van der Waals surface area contributed by atoms with E-state index in [1.54, 1.807) is 53.9 Å². The third-order valence-electron chi connectivity index (χ3n) is 4.02. The molecule has 3 aromatic rings. The van der Waals surface area contributed by atoms with Gasteiger partial charge >= 0.3 is 5.97 Å². The van der Waals surface area contributed by atoms with Crippen molar-refractivity contribution in [1.29, 1.82) is 0 Å². The van der Waals surface area contributed by atoms with Gasteiger partial charge in [0.1, 0.15) is 4.88 Å². The number of esters is 1. The topological polar surface area (TPSA) is 95.5 Å². The SMILES string of the molecule is CCOc1ccccc1OCC(=O)NN=Cc1ccc(OC(=O)c2cccs2)c(OC)c1. The number of carbonyl (C=O) groups excluding carboxylic acids is 2. The number of methoxy groups -OCH3 is 1. The maximum atomic E-state index is 12.1. The molecule has 1 N–H and O–H groups in total. The summed E-state index contributed by atoms with van der Waals surface area (Å²) in [5, 5.41) is 5.72. The number of nitrogens with one attached hydrogen (secondary N) is 1. The van der Waals surface area contributed by atoms with Gasteiger partial charge in [-0.25, -0.2) is 10.2 Å². The molecule has 0 atom stereocenters. The summed E-state index contributed by atoms with van der Waals surface area (Å²) in [6, 6.07) is 15.5. The van der Waals surface area contributed by atoms with E-state index in [2.05, 4.69) is 10.5 Å². The van der Waals surface area contributed by atoms with Crippen molar-refractivity contribution in [3.8, 4) is 23.0 Å². The van der Waals surface area contributed by atoms with E-state index in [-0.39, 0.29) is 12.4 Å². The van der Waals surface area contributed by atoms with E-state index >= 15 is 0 Å². The molecule has 1 aromatic heterocycles. The van der Waals surface area contributed by atoms with Crippen LogP contribution in [0.2, 0.25) is 0 Å². The molecule has 9 heteroatoms. The van der Waals surface area contributed by atoms with Gasteiger partial charge in [0.2, 0.25) is 0 Å². The molecule has 0 spiro atoms. The van der Waals surface area contributed by atoms with E-state index < -0.39 is 11.9 Å². The number of benzene rings is 2. The summed E-state index contributed by atoms with van der Waals surface area (Å²) in [4.78, 5) is 24.6. The second-order valence-corrected chi connectivity index (χ2v) is 7.19. The number of rotatable bonds is 10. The summed E-state index contributed by atoms with van der Waals surface area (Å²) < 4.78 is 21.6. The smallest absolute Gasteiger partial charge is 0.353 e. The second-order valence-electron chi connectivity index (χ2n) is 6.24. The molecule has 0 saturated carbocycles. The van der Waals surface area contributed by atoms with Gasteiger partial charge in [-0.05, 0) is 54.3 Å². The molecular weight excluding hydrogens is 432 g/mol. The molecule has 0 radical (unpaired) electrons. The molecule has 3 rings (SSSR count). The van der Waals surface area contributed by atoms with Crippen LogP contribution in [0.15, 0.2) is 65.1 Å². The van der Waals surface area contributed by atoms with E-state index in [0.717, 1.165) is 0 Å². The van der Waals surface area contributed by atoms with Crippen molar-refractivity contribution in [3.63, 3.8) is 0 Å². The molecule has 1 heterocycles. The van der Waals surface area contributed by atoms with Crippen molar-refractivity contribution < 1.29 is 28.5 Å². The number of para-hydroxylation sites is 2. The standard InChI is InChI=1S/C23H22N2O6S/c1-3-29-17-7-4-5-8-18(17)30-15-22(26)25-24-14-16-10-11-19(20(13-16)28-2)31-23(27)21-9-6-12-32-21/h4-14H,3,15H2,1-2H3,(H,25,26). The normalized spacial score (nSPS) is 10.6. The van der Waals surface area contributed by atoms with Crippen molar-refractivity contribution in [1.82, 2.24) is 5.43 Å². The predicted molar refractivity (Wildman–Crippen MR) is 121 cm³/mol. The molecule has 0 aliphatic rings. The van der Waals surface area contributed by atoms with Gasteiger partial charge in [0.15, 0.2) is 29.6 Å². The summed E-state index contributed by atoms with van der Waals surface area (Å²) in [6.07, 6.45) is 1.44. The molecule has 0 fully saturated rings. The highest BCUT2D eigenvalue weighted by molar-refractivity contribution is 7.12. The molecule has 32 heavy (non-hydrogen) atoms. The van der Waals surface area contributed by atoms with E-state index in [0.29, 0.717) is 34.3 Å². The fraction of sp³-hybridized carbons (Fsp3) is 0.174. The van der Waals surface area contributed by atoms with Gasteiger partial charge in [0.25, 0.3) is 5.91 Å². The average Bonchev–Trinajstić information content (AvgIpc) is 3.35. The Balaban J connectivity index is 1.54. The minimum Gasteiger partial charge on any atom is -0.493 e. The summed E-state index contributed by atoms with van der Waals surface area (Å²) in [5.74, 6) is 0.803. The molecule has 0 aliphatic carbocycles. The van der Waals surface area contributed by atoms with Gasteiger partial charge in [-0.1, -0.05) is 18.2 Å². The molecule has 0 bridgehead atoms. The van der Waals surface area contributed by atoms with Crippen molar-refractivity contribution in [2.24, 2.45) is 5.10 Å². The van der Waals surface area contributed by atoms with Crippen molar-refractivity contribution in [2.45, 2.75) is 6.92 Å². The summed E-state index contributed by atoms with van der Waals surface area (Å²) in [6.45, 7) is 2.14. The Kier molecular flexibility index (Phi) is 8.22. The van der Waals surface area contributed by atoms with Crippen LogP contribution in [0.4, 0.5) is 0 Å². The van der Waals surface area contributed by atoms with Gasteiger partial charge in [-0.15, -0.1) is 11.3 Å². The molecule has 0 saturated heterocycles. The molecule has 8 nitrogen and oxygen atoms in total. The Labute approximate surface area is 189 Å². The zero-order valence-electron chi connectivity index (χ0n) is 17.6. The average molecular weight is 455 g/mol. The fourth-order valence-corrected chi connectivity index (χ4v) is 3.19. The minimum absolute atomic E-state index is 0.220. The maximum absolute atomic E-state index is 12.1. The highest BCUT2D eigenvalue weighted by Crippen LogP contribution is 2.29. The Morgan fingerprint density at radius 2 is 1.78 bits per heavy atom. The number of amides is 1. The maximum Gasteiger partial charge on any atom is 0.353 e.